The first-order valence-corrected chi connectivity index (χ1v) is 10.2. The van der Waals surface area contributed by atoms with Crippen molar-refractivity contribution in [3.8, 4) is 11.5 Å². The lowest BCUT2D eigenvalue weighted by atomic mass is 10.1. The van der Waals surface area contributed by atoms with Gasteiger partial charge in [0.1, 0.15) is 0 Å². The Bertz CT molecular complexity index is 1080. The van der Waals surface area contributed by atoms with Crippen LogP contribution < -0.4 is 20.1 Å². The van der Waals surface area contributed by atoms with Crippen molar-refractivity contribution in [3.63, 3.8) is 0 Å². The number of carbonyl (C=O) groups excluding carboxylic acids is 2. The maximum atomic E-state index is 12.8. The molecular weight excluding hydrogens is 392 g/mol. The zero-order valence-corrected chi connectivity index (χ0v) is 17.3. The van der Waals surface area contributed by atoms with E-state index in [1.165, 1.54) is 0 Å². The fourth-order valence-electron chi connectivity index (χ4n) is 3.46. The second kappa shape index (κ2) is 9.34. The van der Waals surface area contributed by atoms with E-state index < -0.39 is 0 Å². The highest BCUT2D eigenvalue weighted by Gasteiger charge is 2.17. The molecule has 1 heterocycles. The predicted molar refractivity (Wildman–Crippen MR) is 118 cm³/mol. The van der Waals surface area contributed by atoms with Crippen LogP contribution >= 0.6 is 0 Å². The summed E-state index contributed by atoms with van der Waals surface area (Å²) in [5, 5.41) is 5.86. The van der Waals surface area contributed by atoms with Crippen LogP contribution in [-0.4, -0.2) is 18.6 Å². The average Bonchev–Trinajstić information content (AvgIpc) is 3.26. The summed E-state index contributed by atoms with van der Waals surface area (Å²) >= 11 is 0. The molecule has 0 aromatic heterocycles. The minimum atomic E-state index is -0.233. The summed E-state index contributed by atoms with van der Waals surface area (Å²) < 4.78 is 10.7. The van der Waals surface area contributed by atoms with Crippen molar-refractivity contribution < 1.29 is 19.1 Å². The Labute approximate surface area is 181 Å². The third-order valence-electron chi connectivity index (χ3n) is 5.17. The Balaban J connectivity index is 1.37. The van der Waals surface area contributed by atoms with Gasteiger partial charge >= 0.3 is 0 Å². The summed E-state index contributed by atoms with van der Waals surface area (Å²) in [5.74, 6) is 1.03. The molecule has 1 atom stereocenters. The van der Waals surface area contributed by atoms with Crippen LogP contribution in [0.5, 0.6) is 11.5 Å². The SMILES string of the molecule is CC(NC(=O)c1ccccc1NC(=O)CCc1ccc2c(c1)OCO2)c1ccccc1. The van der Waals surface area contributed by atoms with E-state index >= 15 is 0 Å². The Morgan fingerprint density at radius 3 is 2.52 bits per heavy atom. The van der Waals surface area contributed by atoms with E-state index in [1.807, 2.05) is 55.5 Å². The number of ether oxygens (including phenoxy) is 2. The van der Waals surface area contributed by atoms with Crippen molar-refractivity contribution in [1.29, 1.82) is 0 Å². The molecule has 6 nitrogen and oxygen atoms in total. The van der Waals surface area contributed by atoms with Crippen molar-refractivity contribution in [3.05, 3.63) is 89.5 Å². The fraction of sp³-hybridized carbons (Fsp3) is 0.200. The highest BCUT2D eigenvalue weighted by atomic mass is 16.7. The smallest absolute Gasteiger partial charge is 0.253 e. The van der Waals surface area contributed by atoms with Gasteiger partial charge in [0.15, 0.2) is 11.5 Å². The first-order chi connectivity index (χ1) is 15.1. The second-order valence-electron chi connectivity index (χ2n) is 7.39. The van der Waals surface area contributed by atoms with E-state index in [-0.39, 0.29) is 31.1 Å². The summed E-state index contributed by atoms with van der Waals surface area (Å²) in [6.45, 7) is 2.15. The third-order valence-corrected chi connectivity index (χ3v) is 5.17. The highest BCUT2D eigenvalue weighted by Crippen LogP contribution is 2.32. The number of carbonyl (C=O) groups is 2. The molecule has 0 bridgehead atoms. The molecule has 0 saturated heterocycles. The fourth-order valence-corrected chi connectivity index (χ4v) is 3.46. The largest absolute Gasteiger partial charge is 0.454 e. The van der Waals surface area contributed by atoms with Gasteiger partial charge in [0.05, 0.1) is 17.3 Å². The van der Waals surface area contributed by atoms with E-state index in [2.05, 4.69) is 10.6 Å². The molecule has 0 aliphatic carbocycles. The van der Waals surface area contributed by atoms with Gasteiger partial charge in [0.25, 0.3) is 5.91 Å². The van der Waals surface area contributed by atoms with E-state index in [0.29, 0.717) is 23.4 Å². The third kappa shape index (κ3) is 5.04. The number of fused-ring (bicyclic) bond motifs is 1. The number of para-hydroxylation sites is 1. The predicted octanol–water partition coefficient (Wildman–Crippen LogP) is 4.48. The number of aryl methyl sites for hydroxylation is 1. The standard InChI is InChI=1S/C25H24N2O4/c1-17(19-7-3-2-4-8-19)26-25(29)20-9-5-6-10-21(20)27-24(28)14-12-18-11-13-22-23(15-18)31-16-30-22/h2-11,13,15,17H,12,14,16H2,1H3,(H,26,29)(H,27,28). The maximum absolute atomic E-state index is 12.8. The minimum absolute atomic E-state index is 0.150. The topological polar surface area (TPSA) is 76.7 Å². The van der Waals surface area contributed by atoms with Gasteiger partial charge in [0, 0.05) is 6.42 Å². The Kier molecular flexibility index (Phi) is 6.17. The molecule has 2 amide bonds. The molecule has 0 fully saturated rings. The molecule has 4 rings (SSSR count). The zero-order chi connectivity index (χ0) is 21.6. The first kappa shape index (κ1) is 20.5. The average molecular weight is 416 g/mol. The Morgan fingerprint density at radius 2 is 1.68 bits per heavy atom. The number of nitrogens with one attached hydrogen (secondary N) is 2. The molecule has 6 heteroatoms. The zero-order valence-electron chi connectivity index (χ0n) is 17.3. The molecule has 1 aliphatic rings. The molecule has 31 heavy (non-hydrogen) atoms. The number of hydrogen-bond donors (Lipinski definition) is 2. The van der Waals surface area contributed by atoms with Gasteiger partial charge in [-0.1, -0.05) is 48.5 Å². The van der Waals surface area contributed by atoms with Gasteiger partial charge in [-0.2, -0.15) is 0 Å². The molecule has 0 saturated carbocycles. The van der Waals surface area contributed by atoms with Crippen LogP contribution in [0.15, 0.2) is 72.8 Å². The normalized spacial score (nSPS) is 12.8. The van der Waals surface area contributed by atoms with E-state index in [0.717, 1.165) is 16.9 Å². The summed E-state index contributed by atoms with van der Waals surface area (Å²) in [5.41, 5.74) is 2.93. The monoisotopic (exact) mass is 416 g/mol. The molecular formula is C25H24N2O4. The second-order valence-corrected chi connectivity index (χ2v) is 7.39. The van der Waals surface area contributed by atoms with E-state index in [1.54, 1.807) is 24.3 Å². The van der Waals surface area contributed by atoms with Gasteiger partial charge in [-0.15, -0.1) is 0 Å². The van der Waals surface area contributed by atoms with Crippen LogP contribution in [0.4, 0.5) is 5.69 Å². The van der Waals surface area contributed by atoms with Gasteiger partial charge in [-0.05, 0) is 48.7 Å². The molecule has 3 aromatic carbocycles. The molecule has 0 spiro atoms. The van der Waals surface area contributed by atoms with Crippen LogP contribution in [0, 0.1) is 0 Å². The summed E-state index contributed by atoms with van der Waals surface area (Å²) in [6.07, 6.45) is 0.845. The quantitative estimate of drug-likeness (QED) is 0.596. The van der Waals surface area contributed by atoms with Crippen LogP contribution in [-0.2, 0) is 11.2 Å². The van der Waals surface area contributed by atoms with E-state index in [4.69, 9.17) is 9.47 Å². The lowest BCUT2D eigenvalue weighted by molar-refractivity contribution is -0.116. The lowest BCUT2D eigenvalue weighted by Gasteiger charge is -2.16. The molecule has 1 aliphatic heterocycles. The summed E-state index contributed by atoms with van der Waals surface area (Å²) in [4.78, 5) is 25.4. The van der Waals surface area contributed by atoms with Crippen molar-refractivity contribution in [2.75, 3.05) is 12.1 Å². The van der Waals surface area contributed by atoms with Crippen LogP contribution in [0.1, 0.15) is 40.9 Å². The maximum Gasteiger partial charge on any atom is 0.253 e. The van der Waals surface area contributed by atoms with Crippen molar-refractivity contribution in [2.45, 2.75) is 25.8 Å². The lowest BCUT2D eigenvalue weighted by Crippen LogP contribution is -2.28. The van der Waals surface area contributed by atoms with E-state index in [9.17, 15) is 9.59 Å². The van der Waals surface area contributed by atoms with Gasteiger partial charge in [0.2, 0.25) is 12.7 Å². The van der Waals surface area contributed by atoms with Gasteiger partial charge in [-0.25, -0.2) is 0 Å². The van der Waals surface area contributed by atoms with Crippen LogP contribution in [0.25, 0.3) is 0 Å². The summed E-state index contributed by atoms with van der Waals surface area (Å²) in [6, 6.07) is 22.3. The van der Waals surface area contributed by atoms with Gasteiger partial charge < -0.3 is 20.1 Å². The van der Waals surface area contributed by atoms with Gasteiger partial charge in [-0.3, -0.25) is 9.59 Å². The van der Waals surface area contributed by atoms with Crippen molar-refractivity contribution in [2.24, 2.45) is 0 Å². The Morgan fingerprint density at radius 1 is 0.935 bits per heavy atom. The molecule has 158 valence electrons. The highest BCUT2D eigenvalue weighted by molar-refractivity contribution is 6.03. The number of benzene rings is 3. The Hall–Kier alpha value is -3.80. The first-order valence-electron chi connectivity index (χ1n) is 10.2. The number of rotatable bonds is 7. The molecule has 2 N–H and O–H groups in total. The minimum Gasteiger partial charge on any atom is -0.454 e. The van der Waals surface area contributed by atoms with Crippen molar-refractivity contribution >= 4 is 17.5 Å². The molecule has 3 aromatic rings. The van der Waals surface area contributed by atoms with Crippen LogP contribution in [0.3, 0.4) is 0 Å². The summed E-state index contributed by atoms with van der Waals surface area (Å²) in [7, 11) is 0. The van der Waals surface area contributed by atoms with Crippen molar-refractivity contribution in [1.82, 2.24) is 5.32 Å². The molecule has 1 unspecified atom stereocenters. The molecule has 0 radical (unpaired) electrons. The van der Waals surface area contributed by atoms with Crippen LogP contribution in [0.2, 0.25) is 0 Å². The number of anilines is 1. The number of hydrogen-bond acceptors (Lipinski definition) is 4. The number of amides is 2.